The van der Waals surface area contributed by atoms with Gasteiger partial charge in [0.15, 0.2) is 9.84 Å². The Bertz CT molecular complexity index is 945. The van der Waals surface area contributed by atoms with Gasteiger partial charge in [-0.25, -0.2) is 17.8 Å². The molecule has 0 bridgehead atoms. The molecule has 0 radical (unpaired) electrons. The Morgan fingerprint density at radius 3 is 2.31 bits per heavy atom. The molecular formula is C17H16FN3O4S. The zero-order valence-electron chi connectivity index (χ0n) is 13.6. The Morgan fingerprint density at radius 2 is 1.69 bits per heavy atom. The number of anilines is 1. The normalized spacial score (nSPS) is 18.3. The van der Waals surface area contributed by atoms with Gasteiger partial charge >= 0.3 is 0 Å². The van der Waals surface area contributed by atoms with Crippen LogP contribution >= 0.6 is 0 Å². The first kappa shape index (κ1) is 18.0. The molecule has 2 aromatic rings. The number of nitrogens with one attached hydrogen (secondary N) is 2. The molecule has 9 heteroatoms. The summed E-state index contributed by atoms with van der Waals surface area (Å²) in [6.45, 7) is 0. The molecule has 1 atom stereocenters. The van der Waals surface area contributed by atoms with Crippen molar-refractivity contribution in [1.82, 2.24) is 10.3 Å². The lowest BCUT2D eigenvalue weighted by molar-refractivity contribution is 0.0936. The third-order valence-electron chi connectivity index (χ3n) is 3.88. The molecule has 1 saturated heterocycles. The van der Waals surface area contributed by atoms with E-state index in [1.807, 2.05) is 0 Å². The van der Waals surface area contributed by atoms with Crippen molar-refractivity contribution >= 4 is 27.3 Å². The first-order chi connectivity index (χ1) is 12.3. The highest BCUT2D eigenvalue weighted by molar-refractivity contribution is 7.91. The molecule has 1 fully saturated rings. The van der Waals surface area contributed by atoms with E-state index in [1.54, 1.807) is 0 Å². The quantitative estimate of drug-likeness (QED) is 0.838. The van der Waals surface area contributed by atoms with Crippen molar-refractivity contribution in [3.63, 3.8) is 0 Å². The molecule has 26 heavy (non-hydrogen) atoms. The smallest absolute Gasteiger partial charge is 0.274 e. The van der Waals surface area contributed by atoms with E-state index in [-0.39, 0.29) is 22.9 Å². The minimum atomic E-state index is -3.11. The molecule has 0 aliphatic carbocycles. The van der Waals surface area contributed by atoms with Gasteiger partial charge in [0.2, 0.25) is 0 Å². The number of halogens is 1. The van der Waals surface area contributed by atoms with Gasteiger partial charge in [0.25, 0.3) is 11.8 Å². The van der Waals surface area contributed by atoms with E-state index in [0.717, 1.165) is 0 Å². The average molecular weight is 377 g/mol. The first-order valence-corrected chi connectivity index (χ1v) is 9.70. The van der Waals surface area contributed by atoms with E-state index in [4.69, 9.17) is 0 Å². The topological polar surface area (TPSA) is 105 Å². The number of hydrogen-bond donors (Lipinski definition) is 2. The largest absolute Gasteiger partial charge is 0.347 e. The lowest BCUT2D eigenvalue weighted by Gasteiger charge is -2.11. The summed E-state index contributed by atoms with van der Waals surface area (Å²) in [6.07, 6.45) is 0.360. The van der Waals surface area contributed by atoms with Crippen LogP contribution in [0.1, 0.15) is 27.4 Å². The van der Waals surface area contributed by atoms with Gasteiger partial charge < -0.3 is 10.6 Å². The Hall–Kier alpha value is -2.81. The molecule has 1 aromatic heterocycles. The molecule has 136 valence electrons. The van der Waals surface area contributed by atoms with Gasteiger partial charge in [-0.2, -0.15) is 0 Å². The zero-order chi connectivity index (χ0) is 18.7. The molecule has 0 spiro atoms. The number of pyridine rings is 1. The summed E-state index contributed by atoms with van der Waals surface area (Å²) in [4.78, 5) is 28.5. The Labute approximate surface area is 149 Å². The third-order valence-corrected chi connectivity index (χ3v) is 5.65. The number of hydrogen-bond acceptors (Lipinski definition) is 5. The maximum Gasteiger partial charge on any atom is 0.274 e. The number of aromatic nitrogens is 1. The molecule has 1 aromatic carbocycles. The highest BCUT2D eigenvalue weighted by Gasteiger charge is 2.29. The van der Waals surface area contributed by atoms with Crippen molar-refractivity contribution in [2.24, 2.45) is 0 Å². The molecular weight excluding hydrogens is 361 g/mol. The minimum absolute atomic E-state index is 0.0148. The number of amides is 2. The number of carbonyl (C=O) groups is 2. The summed E-state index contributed by atoms with van der Waals surface area (Å²) < 4.78 is 35.8. The SMILES string of the molecule is O=C(Nc1ccc(F)cc1)c1cccc(C(=O)NC2CCS(=O)(=O)C2)n1. The summed E-state index contributed by atoms with van der Waals surface area (Å²) in [6, 6.07) is 9.17. The van der Waals surface area contributed by atoms with E-state index < -0.39 is 33.5 Å². The maximum absolute atomic E-state index is 12.9. The van der Waals surface area contributed by atoms with Gasteiger partial charge in [-0.05, 0) is 42.8 Å². The van der Waals surface area contributed by atoms with Crippen molar-refractivity contribution in [2.75, 3.05) is 16.8 Å². The van der Waals surface area contributed by atoms with Crippen LogP contribution in [0.15, 0.2) is 42.5 Å². The van der Waals surface area contributed by atoms with Crippen molar-refractivity contribution in [1.29, 1.82) is 0 Å². The maximum atomic E-state index is 12.9. The van der Waals surface area contributed by atoms with Gasteiger partial charge in [-0.15, -0.1) is 0 Å². The molecule has 2 N–H and O–H groups in total. The van der Waals surface area contributed by atoms with Crippen LogP contribution in [-0.2, 0) is 9.84 Å². The van der Waals surface area contributed by atoms with Crippen molar-refractivity contribution < 1.29 is 22.4 Å². The number of carbonyl (C=O) groups excluding carboxylic acids is 2. The first-order valence-electron chi connectivity index (χ1n) is 7.88. The number of nitrogens with zero attached hydrogens (tertiary/aromatic N) is 1. The Balaban J connectivity index is 1.68. The fourth-order valence-corrected chi connectivity index (χ4v) is 4.26. The summed E-state index contributed by atoms with van der Waals surface area (Å²) in [5.41, 5.74) is 0.422. The van der Waals surface area contributed by atoms with E-state index >= 15 is 0 Å². The Morgan fingerprint density at radius 1 is 1.04 bits per heavy atom. The van der Waals surface area contributed by atoms with Gasteiger partial charge in [-0.3, -0.25) is 9.59 Å². The van der Waals surface area contributed by atoms with Crippen LogP contribution in [0.3, 0.4) is 0 Å². The lowest BCUT2D eigenvalue weighted by Crippen LogP contribution is -2.36. The van der Waals surface area contributed by atoms with E-state index in [1.165, 1.54) is 42.5 Å². The van der Waals surface area contributed by atoms with Crippen LogP contribution in [0.25, 0.3) is 0 Å². The lowest BCUT2D eigenvalue weighted by atomic mass is 10.2. The van der Waals surface area contributed by atoms with Crippen LogP contribution in [0, 0.1) is 5.82 Å². The summed E-state index contributed by atoms with van der Waals surface area (Å²) >= 11 is 0. The second-order valence-corrected chi connectivity index (χ2v) is 8.17. The van der Waals surface area contributed by atoms with Crippen LogP contribution in [0.5, 0.6) is 0 Å². The zero-order valence-corrected chi connectivity index (χ0v) is 14.4. The molecule has 1 aliphatic rings. The molecule has 2 heterocycles. The van der Waals surface area contributed by atoms with Crippen molar-refractivity contribution in [3.8, 4) is 0 Å². The van der Waals surface area contributed by atoms with Crippen LogP contribution < -0.4 is 10.6 Å². The average Bonchev–Trinajstić information content (AvgIpc) is 2.95. The second kappa shape index (κ2) is 7.20. The summed E-state index contributed by atoms with van der Waals surface area (Å²) in [5, 5.41) is 5.18. The van der Waals surface area contributed by atoms with Crippen molar-refractivity contribution in [3.05, 3.63) is 59.7 Å². The minimum Gasteiger partial charge on any atom is -0.347 e. The number of rotatable bonds is 4. The molecule has 7 nitrogen and oxygen atoms in total. The molecule has 3 rings (SSSR count). The Kier molecular flexibility index (Phi) is 4.99. The summed E-state index contributed by atoms with van der Waals surface area (Å²) in [5.74, 6) is -1.55. The molecule has 0 saturated carbocycles. The highest BCUT2D eigenvalue weighted by Crippen LogP contribution is 2.13. The van der Waals surface area contributed by atoms with E-state index in [0.29, 0.717) is 12.1 Å². The third kappa shape index (κ3) is 4.42. The van der Waals surface area contributed by atoms with Gasteiger partial charge in [0.1, 0.15) is 17.2 Å². The van der Waals surface area contributed by atoms with E-state index in [2.05, 4.69) is 15.6 Å². The predicted octanol–water partition coefficient (Wildman–Crippen LogP) is 1.39. The number of sulfone groups is 1. The van der Waals surface area contributed by atoms with Crippen LogP contribution in [-0.4, -0.2) is 42.8 Å². The van der Waals surface area contributed by atoms with Crippen LogP contribution in [0.2, 0.25) is 0 Å². The van der Waals surface area contributed by atoms with E-state index in [9.17, 15) is 22.4 Å². The van der Waals surface area contributed by atoms with Gasteiger partial charge in [0, 0.05) is 11.7 Å². The molecule has 1 aliphatic heterocycles. The molecule has 2 amide bonds. The van der Waals surface area contributed by atoms with Crippen LogP contribution in [0.4, 0.5) is 10.1 Å². The van der Waals surface area contributed by atoms with Gasteiger partial charge in [-0.1, -0.05) is 6.07 Å². The second-order valence-electron chi connectivity index (χ2n) is 5.94. The molecule has 1 unspecified atom stereocenters. The fourth-order valence-electron chi connectivity index (χ4n) is 2.58. The monoisotopic (exact) mass is 377 g/mol. The summed E-state index contributed by atoms with van der Waals surface area (Å²) in [7, 11) is -3.11. The standard InChI is InChI=1S/C17H16FN3O4S/c18-11-4-6-12(7-5-11)19-16(22)14-2-1-3-15(21-14)17(23)20-13-8-9-26(24,25)10-13/h1-7,13H,8-10H2,(H,19,22)(H,20,23). The van der Waals surface area contributed by atoms with Gasteiger partial charge in [0.05, 0.1) is 11.5 Å². The van der Waals surface area contributed by atoms with Crippen molar-refractivity contribution in [2.45, 2.75) is 12.5 Å². The predicted molar refractivity (Wildman–Crippen MR) is 93.1 cm³/mol. The highest BCUT2D eigenvalue weighted by atomic mass is 32.2. The fraction of sp³-hybridized carbons (Fsp3) is 0.235. The number of benzene rings is 1.